The molecule has 0 radical (unpaired) electrons. The van der Waals surface area contributed by atoms with E-state index in [2.05, 4.69) is 44.3 Å². The zero-order chi connectivity index (χ0) is 12.3. The lowest BCUT2D eigenvalue weighted by molar-refractivity contribution is 0.319. The van der Waals surface area contributed by atoms with Crippen molar-refractivity contribution >= 4 is 38.9 Å². The second-order valence-electron chi connectivity index (χ2n) is 3.92. The van der Waals surface area contributed by atoms with Crippen LogP contribution < -0.4 is 0 Å². The highest BCUT2D eigenvalue weighted by molar-refractivity contribution is 9.11. The number of hydrogen-bond acceptors (Lipinski definition) is 3. The molecule has 0 bridgehead atoms. The van der Waals surface area contributed by atoms with Gasteiger partial charge in [0.1, 0.15) is 5.15 Å². The maximum atomic E-state index is 5.86. The molecule has 2 nitrogen and oxygen atoms in total. The lowest BCUT2D eigenvalue weighted by Crippen LogP contribution is -2.16. The summed E-state index contributed by atoms with van der Waals surface area (Å²) in [6.07, 6.45) is 1.74. The predicted octanol–water partition coefficient (Wildman–Crippen LogP) is 4.19. The van der Waals surface area contributed by atoms with E-state index >= 15 is 0 Å². The van der Waals surface area contributed by atoms with Gasteiger partial charge in [-0.05, 0) is 57.7 Å². The first-order valence-corrected chi connectivity index (χ1v) is 7.20. The van der Waals surface area contributed by atoms with Gasteiger partial charge in [-0.2, -0.15) is 0 Å². The van der Waals surface area contributed by atoms with Crippen LogP contribution in [0.2, 0.25) is 5.15 Å². The molecule has 0 spiro atoms. The van der Waals surface area contributed by atoms with Crippen molar-refractivity contribution in [2.24, 2.45) is 0 Å². The monoisotopic (exact) mass is 330 g/mol. The van der Waals surface area contributed by atoms with Crippen LogP contribution in [0.15, 0.2) is 33.6 Å². The Balaban J connectivity index is 1.95. The van der Waals surface area contributed by atoms with Crippen LogP contribution in [0.4, 0.5) is 0 Å². The molecule has 2 aromatic rings. The summed E-state index contributed by atoms with van der Waals surface area (Å²) >= 11 is 11.0. The molecule has 90 valence electrons. The smallest absolute Gasteiger partial charge is 0.129 e. The Bertz CT molecular complexity index is 501. The van der Waals surface area contributed by atoms with Crippen LogP contribution in [0.1, 0.15) is 11.1 Å². The number of aromatic nitrogens is 1. The van der Waals surface area contributed by atoms with E-state index in [-0.39, 0.29) is 0 Å². The standard InChI is InChI=1S/C12H12BrClN2S/c1-16(7-10-4-11(13)17-8-10)6-9-2-3-15-12(14)5-9/h2-5,8H,6-7H2,1H3. The van der Waals surface area contributed by atoms with Crippen molar-refractivity contribution in [3.8, 4) is 0 Å². The zero-order valence-corrected chi connectivity index (χ0v) is 12.5. The Morgan fingerprint density at radius 3 is 2.76 bits per heavy atom. The van der Waals surface area contributed by atoms with Crippen molar-refractivity contribution in [1.29, 1.82) is 0 Å². The van der Waals surface area contributed by atoms with Crippen LogP contribution >= 0.6 is 38.9 Å². The summed E-state index contributed by atoms with van der Waals surface area (Å²) < 4.78 is 1.17. The molecule has 0 fully saturated rings. The van der Waals surface area contributed by atoms with E-state index in [1.54, 1.807) is 17.5 Å². The topological polar surface area (TPSA) is 16.1 Å². The Morgan fingerprint density at radius 2 is 2.12 bits per heavy atom. The number of halogens is 2. The molecule has 0 N–H and O–H groups in total. The molecule has 2 heterocycles. The molecule has 0 atom stereocenters. The van der Waals surface area contributed by atoms with Gasteiger partial charge in [0.05, 0.1) is 3.79 Å². The second-order valence-corrected chi connectivity index (χ2v) is 6.60. The van der Waals surface area contributed by atoms with Crippen LogP contribution in [-0.2, 0) is 13.1 Å². The van der Waals surface area contributed by atoms with Crippen molar-refractivity contribution in [3.05, 3.63) is 49.8 Å². The Hall–Kier alpha value is -0.420. The summed E-state index contributed by atoms with van der Waals surface area (Å²) in [5.74, 6) is 0. The van der Waals surface area contributed by atoms with Gasteiger partial charge in [0.2, 0.25) is 0 Å². The molecule has 0 aliphatic rings. The summed E-state index contributed by atoms with van der Waals surface area (Å²) in [6, 6.07) is 6.05. The van der Waals surface area contributed by atoms with Crippen molar-refractivity contribution in [2.75, 3.05) is 7.05 Å². The summed E-state index contributed by atoms with van der Waals surface area (Å²) in [6.45, 7) is 1.80. The van der Waals surface area contributed by atoms with Gasteiger partial charge in [-0.1, -0.05) is 11.6 Å². The predicted molar refractivity (Wildman–Crippen MR) is 76.4 cm³/mol. The molecule has 0 saturated carbocycles. The Labute approximate surface area is 118 Å². The zero-order valence-electron chi connectivity index (χ0n) is 9.36. The molecule has 0 aliphatic carbocycles. The van der Waals surface area contributed by atoms with Gasteiger partial charge in [0.25, 0.3) is 0 Å². The molecule has 0 saturated heterocycles. The molecule has 0 aliphatic heterocycles. The van der Waals surface area contributed by atoms with Gasteiger partial charge in [0.15, 0.2) is 0 Å². The Morgan fingerprint density at radius 1 is 1.35 bits per heavy atom. The van der Waals surface area contributed by atoms with Gasteiger partial charge in [-0.25, -0.2) is 4.98 Å². The van der Waals surface area contributed by atoms with Crippen LogP contribution in [0.5, 0.6) is 0 Å². The molecule has 5 heteroatoms. The van der Waals surface area contributed by atoms with Crippen molar-refractivity contribution in [2.45, 2.75) is 13.1 Å². The highest BCUT2D eigenvalue weighted by Crippen LogP contribution is 2.22. The van der Waals surface area contributed by atoms with Gasteiger partial charge in [-0.3, -0.25) is 4.90 Å². The third-order valence-corrected chi connectivity index (χ3v) is 4.08. The first kappa shape index (κ1) is 13.0. The largest absolute Gasteiger partial charge is 0.298 e. The fourth-order valence-corrected chi connectivity index (χ4v) is 3.05. The molecule has 0 unspecified atom stereocenters. The minimum absolute atomic E-state index is 0.550. The highest BCUT2D eigenvalue weighted by Gasteiger charge is 2.04. The average Bonchev–Trinajstić information content (AvgIpc) is 2.63. The maximum absolute atomic E-state index is 5.86. The van der Waals surface area contributed by atoms with Crippen LogP contribution in [-0.4, -0.2) is 16.9 Å². The first-order chi connectivity index (χ1) is 8.13. The number of nitrogens with zero attached hydrogens (tertiary/aromatic N) is 2. The van der Waals surface area contributed by atoms with Gasteiger partial charge in [0, 0.05) is 19.3 Å². The van der Waals surface area contributed by atoms with Gasteiger partial charge >= 0.3 is 0 Å². The van der Waals surface area contributed by atoms with E-state index in [1.807, 2.05) is 12.1 Å². The molecule has 2 aromatic heterocycles. The summed E-state index contributed by atoms with van der Waals surface area (Å²) in [7, 11) is 2.10. The second kappa shape index (κ2) is 5.96. The van der Waals surface area contributed by atoms with E-state index in [1.165, 1.54) is 14.9 Å². The van der Waals surface area contributed by atoms with E-state index in [0.29, 0.717) is 5.15 Å². The minimum atomic E-state index is 0.550. The highest BCUT2D eigenvalue weighted by atomic mass is 79.9. The molecule has 2 rings (SSSR count). The minimum Gasteiger partial charge on any atom is -0.298 e. The average molecular weight is 332 g/mol. The SMILES string of the molecule is CN(Cc1ccnc(Cl)c1)Cc1csc(Br)c1. The fourth-order valence-electron chi connectivity index (χ4n) is 1.65. The van der Waals surface area contributed by atoms with Crippen molar-refractivity contribution in [3.63, 3.8) is 0 Å². The Kier molecular flexibility index (Phi) is 4.56. The number of thiophene rings is 1. The maximum Gasteiger partial charge on any atom is 0.129 e. The quantitative estimate of drug-likeness (QED) is 0.781. The third kappa shape index (κ3) is 4.07. The fraction of sp³-hybridized carbons (Fsp3) is 0.250. The summed E-state index contributed by atoms with van der Waals surface area (Å²) in [5.41, 5.74) is 2.51. The van der Waals surface area contributed by atoms with Crippen molar-refractivity contribution in [1.82, 2.24) is 9.88 Å². The van der Waals surface area contributed by atoms with Crippen LogP contribution in [0, 0.1) is 0 Å². The van der Waals surface area contributed by atoms with Crippen molar-refractivity contribution < 1.29 is 0 Å². The molecule has 0 aromatic carbocycles. The molecule has 0 amide bonds. The third-order valence-electron chi connectivity index (χ3n) is 2.32. The van der Waals surface area contributed by atoms with Gasteiger partial charge in [-0.15, -0.1) is 11.3 Å². The normalized spacial score (nSPS) is 11.1. The van der Waals surface area contributed by atoms with E-state index in [9.17, 15) is 0 Å². The molecule has 17 heavy (non-hydrogen) atoms. The number of rotatable bonds is 4. The number of pyridine rings is 1. The summed E-state index contributed by atoms with van der Waals surface area (Å²) in [4.78, 5) is 6.23. The van der Waals surface area contributed by atoms with Crippen LogP contribution in [0.25, 0.3) is 0 Å². The van der Waals surface area contributed by atoms with Crippen LogP contribution in [0.3, 0.4) is 0 Å². The number of hydrogen-bond donors (Lipinski definition) is 0. The van der Waals surface area contributed by atoms with E-state index in [0.717, 1.165) is 13.1 Å². The lowest BCUT2D eigenvalue weighted by Gasteiger charge is -2.15. The van der Waals surface area contributed by atoms with E-state index in [4.69, 9.17) is 11.6 Å². The first-order valence-electron chi connectivity index (χ1n) is 5.15. The lowest BCUT2D eigenvalue weighted by atomic mass is 10.2. The van der Waals surface area contributed by atoms with Gasteiger partial charge < -0.3 is 0 Å². The summed E-state index contributed by atoms with van der Waals surface area (Å²) in [5, 5.41) is 2.72. The van der Waals surface area contributed by atoms with E-state index < -0.39 is 0 Å². The molecular formula is C12H12BrClN2S. The molecular weight excluding hydrogens is 320 g/mol.